The fourth-order valence-corrected chi connectivity index (χ4v) is 4.84. The second-order valence-electron chi connectivity index (χ2n) is 7.56. The molecular formula is C22H27N3O3S. The predicted octanol–water partition coefficient (Wildman–Crippen LogP) is 3.43. The van der Waals surface area contributed by atoms with Crippen LogP contribution in [0.4, 0.5) is 5.69 Å². The Morgan fingerprint density at radius 3 is 2.76 bits per heavy atom. The summed E-state index contributed by atoms with van der Waals surface area (Å²) in [6, 6.07) is 11.5. The molecule has 1 aromatic carbocycles. The minimum atomic E-state index is -0.389. The Labute approximate surface area is 175 Å². The van der Waals surface area contributed by atoms with Crippen molar-refractivity contribution in [3.05, 3.63) is 52.2 Å². The number of hydrogen-bond acceptors (Lipinski definition) is 5. The number of likely N-dealkylation sites (tertiary alicyclic amines) is 1. The van der Waals surface area contributed by atoms with Gasteiger partial charge in [0, 0.05) is 29.3 Å². The third kappa shape index (κ3) is 5.04. The maximum atomic E-state index is 12.8. The second-order valence-corrected chi connectivity index (χ2v) is 8.54. The van der Waals surface area contributed by atoms with Gasteiger partial charge in [0.1, 0.15) is 6.10 Å². The summed E-state index contributed by atoms with van der Waals surface area (Å²) >= 11 is 1.73. The lowest BCUT2D eigenvalue weighted by atomic mass is 10.1. The molecule has 2 aliphatic heterocycles. The lowest BCUT2D eigenvalue weighted by Crippen LogP contribution is -2.36. The molecule has 2 amide bonds. The van der Waals surface area contributed by atoms with Crippen molar-refractivity contribution in [2.75, 3.05) is 31.6 Å². The van der Waals surface area contributed by atoms with Crippen LogP contribution in [0.3, 0.4) is 0 Å². The fraction of sp³-hybridized carbons (Fsp3) is 0.455. The number of carbonyl (C=O) groups is 2. The molecule has 0 aliphatic carbocycles. The number of nitrogens with one attached hydrogen (secondary N) is 2. The van der Waals surface area contributed by atoms with E-state index in [0.29, 0.717) is 24.4 Å². The van der Waals surface area contributed by atoms with Crippen molar-refractivity contribution < 1.29 is 14.3 Å². The van der Waals surface area contributed by atoms with Crippen LogP contribution in [-0.4, -0.2) is 49.1 Å². The van der Waals surface area contributed by atoms with E-state index < -0.39 is 0 Å². The average Bonchev–Trinajstić information content (AvgIpc) is 3.51. The van der Waals surface area contributed by atoms with Crippen molar-refractivity contribution >= 4 is 28.8 Å². The van der Waals surface area contributed by atoms with Gasteiger partial charge >= 0.3 is 0 Å². The first-order chi connectivity index (χ1) is 14.2. The lowest BCUT2D eigenvalue weighted by molar-refractivity contribution is -0.124. The Kier molecular flexibility index (Phi) is 6.59. The van der Waals surface area contributed by atoms with Gasteiger partial charge < -0.3 is 15.4 Å². The van der Waals surface area contributed by atoms with Gasteiger partial charge in [-0.1, -0.05) is 12.1 Å². The second kappa shape index (κ2) is 9.52. The van der Waals surface area contributed by atoms with Crippen LogP contribution < -0.4 is 10.6 Å². The first-order valence-electron chi connectivity index (χ1n) is 10.3. The van der Waals surface area contributed by atoms with Crippen LogP contribution >= 0.6 is 11.3 Å². The van der Waals surface area contributed by atoms with Gasteiger partial charge in [0.2, 0.25) is 0 Å². The summed E-state index contributed by atoms with van der Waals surface area (Å²) in [6.07, 6.45) is 3.68. The zero-order chi connectivity index (χ0) is 20.1. The van der Waals surface area contributed by atoms with Gasteiger partial charge in [0.15, 0.2) is 0 Å². The molecule has 3 heterocycles. The Bertz CT molecular complexity index is 828. The molecule has 0 radical (unpaired) electrons. The summed E-state index contributed by atoms with van der Waals surface area (Å²) in [6.45, 7) is 3.35. The molecule has 6 nitrogen and oxygen atoms in total. The first kappa shape index (κ1) is 20.1. The Hall–Kier alpha value is -2.22. The monoisotopic (exact) mass is 413 g/mol. The van der Waals surface area contributed by atoms with Gasteiger partial charge in [0.25, 0.3) is 11.8 Å². The van der Waals surface area contributed by atoms with Crippen LogP contribution in [0.25, 0.3) is 0 Å². The van der Waals surface area contributed by atoms with E-state index in [1.807, 2.05) is 0 Å². The summed E-state index contributed by atoms with van der Waals surface area (Å²) in [5, 5.41) is 8.03. The van der Waals surface area contributed by atoms with E-state index in [2.05, 4.69) is 33.0 Å². The van der Waals surface area contributed by atoms with E-state index in [-0.39, 0.29) is 24.0 Å². The van der Waals surface area contributed by atoms with E-state index in [1.165, 1.54) is 17.7 Å². The summed E-state index contributed by atoms with van der Waals surface area (Å²) in [4.78, 5) is 28.7. The normalized spacial score (nSPS) is 20.5. The van der Waals surface area contributed by atoms with Crippen LogP contribution in [0, 0.1) is 0 Å². The molecule has 154 valence electrons. The zero-order valence-corrected chi connectivity index (χ0v) is 17.2. The smallest absolute Gasteiger partial charge is 0.253 e. The molecule has 1 aromatic heterocycles. The number of hydrogen-bond donors (Lipinski definition) is 2. The van der Waals surface area contributed by atoms with Crippen LogP contribution in [0.2, 0.25) is 0 Å². The van der Waals surface area contributed by atoms with Crippen molar-refractivity contribution in [3.63, 3.8) is 0 Å². The van der Waals surface area contributed by atoms with Gasteiger partial charge in [-0.15, -0.1) is 11.3 Å². The van der Waals surface area contributed by atoms with Crippen LogP contribution in [-0.2, 0) is 9.53 Å². The van der Waals surface area contributed by atoms with Crippen molar-refractivity contribution in [2.24, 2.45) is 0 Å². The molecule has 2 aromatic rings. The van der Waals surface area contributed by atoms with Gasteiger partial charge in [0.05, 0.1) is 6.04 Å². The number of nitrogens with zero attached hydrogens (tertiary/aromatic N) is 1. The number of anilines is 1. The molecule has 0 saturated carbocycles. The molecule has 0 spiro atoms. The van der Waals surface area contributed by atoms with Gasteiger partial charge in [-0.25, -0.2) is 0 Å². The molecule has 0 unspecified atom stereocenters. The average molecular weight is 414 g/mol. The van der Waals surface area contributed by atoms with Gasteiger partial charge in [-0.05, 0) is 68.4 Å². The highest BCUT2D eigenvalue weighted by Gasteiger charge is 2.25. The third-order valence-corrected chi connectivity index (χ3v) is 6.50. The van der Waals surface area contributed by atoms with Crippen molar-refractivity contribution in [2.45, 2.75) is 37.8 Å². The van der Waals surface area contributed by atoms with Gasteiger partial charge in [-0.2, -0.15) is 0 Å². The van der Waals surface area contributed by atoms with E-state index in [0.717, 1.165) is 25.9 Å². The van der Waals surface area contributed by atoms with Crippen molar-refractivity contribution in [1.29, 1.82) is 0 Å². The quantitative estimate of drug-likeness (QED) is 0.730. The van der Waals surface area contributed by atoms with Crippen LogP contribution in [0.5, 0.6) is 0 Å². The number of amides is 2. The number of rotatable bonds is 7. The molecule has 0 bridgehead atoms. The Morgan fingerprint density at radius 1 is 1.17 bits per heavy atom. The summed E-state index contributed by atoms with van der Waals surface area (Å²) in [7, 11) is 0. The molecule has 2 saturated heterocycles. The number of benzene rings is 1. The van der Waals surface area contributed by atoms with E-state index in [1.54, 1.807) is 35.6 Å². The largest absolute Gasteiger partial charge is 0.368 e. The van der Waals surface area contributed by atoms with E-state index >= 15 is 0 Å². The first-order valence-corrected chi connectivity index (χ1v) is 11.2. The minimum Gasteiger partial charge on any atom is -0.368 e. The molecule has 2 aliphatic rings. The molecule has 2 atom stereocenters. The lowest BCUT2D eigenvalue weighted by Gasteiger charge is -2.27. The highest BCUT2D eigenvalue weighted by Crippen LogP contribution is 2.28. The number of ether oxygens (including phenoxy) is 1. The third-order valence-electron chi connectivity index (χ3n) is 5.52. The Balaban J connectivity index is 1.38. The number of thiophene rings is 1. The maximum absolute atomic E-state index is 12.8. The zero-order valence-electron chi connectivity index (χ0n) is 16.4. The Morgan fingerprint density at radius 2 is 2.03 bits per heavy atom. The minimum absolute atomic E-state index is 0.126. The van der Waals surface area contributed by atoms with E-state index in [4.69, 9.17) is 4.74 Å². The molecule has 29 heavy (non-hydrogen) atoms. The highest BCUT2D eigenvalue weighted by molar-refractivity contribution is 7.10. The van der Waals surface area contributed by atoms with Crippen LogP contribution in [0.1, 0.15) is 47.0 Å². The highest BCUT2D eigenvalue weighted by atomic mass is 32.1. The van der Waals surface area contributed by atoms with Crippen LogP contribution in [0.15, 0.2) is 41.8 Å². The van der Waals surface area contributed by atoms with Crippen molar-refractivity contribution in [3.8, 4) is 0 Å². The molecule has 2 fully saturated rings. The van der Waals surface area contributed by atoms with E-state index in [9.17, 15) is 9.59 Å². The molecular weight excluding hydrogens is 386 g/mol. The molecule has 2 N–H and O–H groups in total. The number of carbonyl (C=O) groups excluding carboxylic acids is 2. The van der Waals surface area contributed by atoms with Gasteiger partial charge in [-0.3, -0.25) is 14.5 Å². The predicted molar refractivity (Wildman–Crippen MR) is 114 cm³/mol. The summed E-state index contributed by atoms with van der Waals surface area (Å²) in [5.74, 6) is -0.272. The maximum Gasteiger partial charge on any atom is 0.253 e. The standard InChI is InChI=1S/C22H27N3O3S/c26-21(23-15-18(20-9-5-13-29-20)25-10-1-2-11-25)16-6-3-7-17(14-16)24-22(27)19-8-4-12-28-19/h3,5-7,9,13-14,18-19H,1-2,4,8,10-12,15H2,(H,23,26)(H,24,27)/t18-,19-/m0/s1. The fourth-order valence-electron chi connectivity index (χ4n) is 3.98. The molecule has 7 heteroatoms. The molecule has 4 rings (SSSR count). The SMILES string of the molecule is O=C(NC[C@@H](c1cccs1)N1CCCC1)c1cccc(NC(=O)[C@@H]2CCCO2)c1. The summed E-state index contributed by atoms with van der Waals surface area (Å²) < 4.78 is 5.42. The topological polar surface area (TPSA) is 70.7 Å². The van der Waals surface area contributed by atoms with Crippen molar-refractivity contribution in [1.82, 2.24) is 10.2 Å². The summed E-state index contributed by atoms with van der Waals surface area (Å²) in [5.41, 5.74) is 1.16.